The molecule has 3 aromatic carbocycles. The molecule has 1 N–H and O–H groups in total. The Bertz CT molecular complexity index is 1310. The standard InChI is InChI=1S/C23H15ClN4/c24-18-10-3-1-7-15(18)22-27-21-11-4-2-8-17(21)23(28-22)26-20-13-5-12-19-16(20)9-6-14-25-19/h1-14H,(H,26,27,28). The quantitative estimate of drug-likeness (QED) is 0.401. The fraction of sp³-hybridized carbons (Fsp3) is 0. The molecule has 4 nitrogen and oxygen atoms in total. The van der Waals surface area contributed by atoms with Crippen molar-refractivity contribution in [3.05, 3.63) is 90.1 Å². The van der Waals surface area contributed by atoms with Crippen molar-refractivity contribution in [3.63, 3.8) is 0 Å². The Hall–Kier alpha value is -3.50. The minimum atomic E-state index is 0.588. The summed E-state index contributed by atoms with van der Waals surface area (Å²) in [6, 6.07) is 25.5. The first-order valence-corrected chi connectivity index (χ1v) is 9.30. The van der Waals surface area contributed by atoms with Crippen LogP contribution in [0.2, 0.25) is 5.02 Å². The van der Waals surface area contributed by atoms with Crippen LogP contribution in [-0.2, 0) is 0 Å². The van der Waals surface area contributed by atoms with Gasteiger partial charge in [0, 0.05) is 28.2 Å². The molecule has 0 spiro atoms. The molecule has 0 amide bonds. The smallest absolute Gasteiger partial charge is 0.163 e. The first kappa shape index (κ1) is 16.7. The molecule has 5 heteroatoms. The number of benzene rings is 3. The highest BCUT2D eigenvalue weighted by Crippen LogP contribution is 2.32. The molecule has 0 aliphatic carbocycles. The lowest BCUT2D eigenvalue weighted by molar-refractivity contribution is 1.22. The number of nitrogens with one attached hydrogen (secondary N) is 1. The van der Waals surface area contributed by atoms with Gasteiger partial charge >= 0.3 is 0 Å². The fourth-order valence-corrected chi connectivity index (χ4v) is 3.50. The van der Waals surface area contributed by atoms with Gasteiger partial charge in [0.1, 0.15) is 5.82 Å². The SMILES string of the molecule is Clc1ccccc1-c1nc(Nc2cccc3ncccc23)c2ccccc2n1. The van der Waals surface area contributed by atoms with Crippen molar-refractivity contribution in [1.29, 1.82) is 0 Å². The van der Waals surface area contributed by atoms with E-state index in [2.05, 4.69) is 10.3 Å². The number of nitrogens with zero attached hydrogens (tertiary/aromatic N) is 3. The summed E-state index contributed by atoms with van der Waals surface area (Å²) < 4.78 is 0. The molecule has 0 bridgehead atoms. The molecule has 134 valence electrons. The van der Waals surface area contributed by atoms with Crippen LogP contribution in [0.3, 0.4) is 0 Å². The number of hydrogen-bond acceptors (Lipinski definition) is 4. The van der Waals surface area contributed by atoms with E-state index in [0.717, 1.165) is 38.9 Å². The first-order valence-electron chi connectivity index (χ1n) is 8.92. The summed E-state index contributed by atoms with van der Waals surface area (Å²) in [5.74, 6) is 1.32. The van der Waals surface area contributed by atoms with Gasteiger partial charge in [-0.05, 0) is 48.5 Å². The van der Waals surface area contributed by atoms with Gasteiger partial charge in [-0.3, -0.25) is 4.98 Å². The molecule has 28 heavy (non-hydrogen) atoms. The average molecular weight is 383 g/mol. The van der Waals surface area contributed by atoms with Crippen LogP contribution in [0, 0.1) is 0 Å². The first-order chi connectivity index (χ1) is 13.8. The van der Waals surface area contributed by atoms with Gasteiger partial charge in [-0.15, -0.1) is 0 Å². The zero-order valence-electron chi connectivity index (χ0n) is 14.8. The number of aromatic nitrogens is 3. The predicted octanol–water partition coefficient (Wildman–Crippen LogP) is 6.24. The van der Waals surface area contributed by atoms with E-state index in [9.17, 15) is 0 Å². The second kappa shape index (κ2) is 6.91. The van der Waals surface area contributed by atoms with Gasteiger partial charge in [0.05, 0.1) is 16.1 Å². The van der Waals surface area contributed by atoms with Gasteiger partial charge in [0.2, 0.25) is 0 Å². The maximum absolute atomic E-state index is 6.39. The molecule has 5 rings (SSSR count). The normalized spacial score (nSPS) is 11.0. The summed E-state index contributed by atoms with van der Waals surface area (Å²) in [5.41, 5.74) is 3.53. The van der Waals surface area contributed by atoms with Gasteiger partial charge in [-0.1, -0.05) is 41.9 Å². The lowest BCUT2D eigenvalue weighted by Crippen LogP contribution is -2.00. The third-order valence-electron chi connectivity index (χ3n) is 4.62. The number of hydrogen-bond donors (Lipinski definition) is 1. The van der Waals surface area contributed by atoms with Gasteiger partial charge in [0.15, 0.2) is 5.82 Å². The van der Waals surface area contributed by atoms with Gasteiger partial charge in [-0.2, -0.15) is 0 Å². The summed E-state index contributed by atoms with van der Waals surface area (Å²) >= 11 is 6.39. The number of rotatable bonds is 3. The number of fused-ring (bicyclic) bond motifs is 2. The monoisotopic (exact) mass is 382 g/mol. The predicted molar refractivity (Wildman–Crippen MR) is 115 cm³/mol. The Labute approximate surface area is 166 Å². The molecule has 0 aliphatic rings. The van der Waals surface area contributed by atoms with Crippen LogP contribution in [-0.4, -0.2) is 15.0 Å². The second-order valence-corrected chi connectivity index (χ2v) is 6.80. The molecular formula is C23H15ClN4. The van der Waals surface area contributed by atoms with E-state index >= 15 is 0 Å². The molecule has 2 heterocycles. The molecule has 0 unspecified atom stereocenters. The van der Waals surface area contributed by atoms with E-state index in [1.54, 1.807) is 6.20 Å². The summed E-state index contributed by atoms with van der Waals surface area (Å²) in [7, 11) is 0. The zero-order chi connectivity index (χ0) is 18.9. The molecular weight excluding hydrogens is 368 g/mol. The highest BCUT2D eigenvalue weighted by Gasteiger charge is 2.12. The van der Waals surface area contributed by atoms with Crippen molar-refractivity contribution >= 4 is 44.9 Å². The van der Waals surface area contributed by atoms with E-state index in [4.69, 9.17) is 21.6 Å². The highest BCUT2D eigenvalue weighted by atomic mass is 35.5. The Morgan fingerprint density at radius 1 is 0.679 bits per heavy atom. The van der Waals surface area contributed by atoms with Crippen LogP contribution in [0.15, 0.2) is 85.1 Å². The number of halogens is 1. The van der Waals surface area contributed by atoms with E-state index in [0.29, 0.717) is 10.8 Å². The van der Waals surface area contributed by atoms with Crippen molar-refractivity contribution in [2.45, 2.75) is 0 Å². The van der Waals surface area contributed by atoms with Crippen LogP contribution in [0.1, 0.15) is 0 Å². The molecule has 0 radical (unpaired) electrons. The van der Waals surface area contributed by atoms with Crippen molar-refractivity contribution in [2.24, 2.45) is 0 Å². The summed E-state index contributed by atoms with van der Waals surface area (Å²) in [4.78, 5) is 14.0. The van der Waals surface area contributed by atoms with Crippen molar-refractivity contribution in [2.75, 3.05) is 5.32 Å². The Balaban J connectivity index is 1.71. The van der Waals surface area contributed by atoms with Crippen LogP contribution < -0.4 is 5.32 Å². The summed E-state index contributed by atoms with van der Waals surface area (Å²) in [6.07, 6.45) is 1.79. The molecule has 2 aromatic heterocycles. The fourth-order valence-electron chi connectivity index (χ4n) is 3.27. The zero-order valence-corrected chi connectivity index (χ0v) is 15.6. The third-order valence-corrected chi connectivity index (χ3v) is 4.95. The van der Waals surface area contributed by atoms with E-state index in [1.807, 2.05) is 78.9 Å². The van der Waals surface area contributed by atoms with Gasteiger partial charge in [-0.25, -0.2) is 9.97 Å². The second-order valence-electron chi connectivity index (χ2n) is 6.39. The third kappa shape index (κ3) is 2.94. The van der Waals surface area contributed by atoms with Crippen molar-refractivity contribution in [3.8, 4) is 11.4 Å². The lowest BCUT2D eigenvalue weighted by atomic mass is 10.1. The lowest BCUT2D eigenvalue weighted by Gasteiger charge is -2.13. The molecule has 0 saturated carbocycles. The van der Waals surface area contributed by atoms with Crippen LogP contribution >= 0.6 is 11.6 Å². The van der Waals surface area contributed by atoms with Crippen molar-refractivity contribution < 1.29 is 0 Å². The largest absolute Gasteiger partial charge is 0.339 e. The van der Waals surface area contributed by atoms with E-state index < -0.39 is 0 Å². The number of para-hydroxylation sites is 1. The van der Waals surface area contributed by atoms with E-state index in [1.165, 1.54) is 0 Å². The maximum atomic E-state index is 6.39. The van der Waals surface area contributed by atoms with Crippen molar-refractivity contribution in [1.82, 2.24) is 15.0 Å². The minimum absolute atomic E-state index is 0.588. The molecule has 0 fully saturated rings. The van der Waals surface area contributed by atoms with Gasteiger partial charge < -0.3 is 5.32 Å². The molecule has 0 atom stereocenters. The summed E-state index contributed by atoms with van der Waals surface area (Å²) in [5, 5.41) is 6.09. The molecule has 0 aliphatic heterocycles. The number of anilines is 2. The number of pyridine rings is 1. The molecule has 5 aromatic rings. The van der Waals surface area contributed by atoms with E-state index in [-0.39, 0.29) is 0 Å². The Kier molecular flexibility index (Phi) is 4.11. The van der Waals surface area contributed by atoms with Crippen LogP contribution in [0.5, 0.6) is 0 Å². The Morgan fingerprint density at radius 2 is 1.46 bits per heavy atom. The summed E-state index contributed by atoms with van der Waals surface area (Å²) in [6.45, 7) is 0. The van der Waals surface area contributed by atoms with Crippen LogP contribution in [0.4, 0.5) is 11.5 Å². The Morgan fingerprint density at radius 3 is 2.39 bits per heavy atom. The topological polar surface area (TPSA) is 50.7 Å². The average Bonchev–Trinajstić information content (AvgIpc) is 2.74. The van der Waals surface area contributed by atoms with Crippen LogP contribution in [0.25, 0.3) is 33.2 Å². The molecule has 0 saturated heterocycles. The van der Waals surface area contributed by atoms with Gasteiger partial charge in [0.25, 0.3) is 0 Å². The highest BCUT2D eigenvalue weighted by molar-refractivity contribution is 6.33. The maximum Gasteiger partial charge on any atom is 0.163 e. The minimum Gasteiger partial charge on any atom is -0.339 e.